The van der Waals surface area contributed by atoms with Gasteiger partial charge in [0.2, 0.25) is 11.8 Å². The molecule has 0 radical (unpaired) electrons. The molecule has 3 amide bonds. The highest BCUT2D eigenvalue weighted by molar-refractivity contribution is 6.01. The molecule has 1 heterocycles. The number of hydrogen-bond acceptors (Lipinski definition) is 6. The number of likely N-dealkylation sites (N-methyl/N-ethyl adjacent to an activating group) is 1. The number of nitrogens with zero attached hydrogens (tertiary/aromatic N) is 2. The van der Waals surface area contributed by atoms with Crippen LogP contribution in [-0.4, -0.2) is 72.1 Å². The molecule has 0 aromatic heterocycles. The van der Waals surface area contributed by atoms with Crippen molar-refractivity contribution in [3.63, 3.8) is 0 Å². The lowest BCUT2D eigenvalue weighted by molar-refractivity contribution is -0.139. The van der Waals surface area contributed by atoms with Crippen LogP contribution >= 0.6 is 0 Å². The number of amides is 3. The highest BCUT2D eigenvalue weighted by atomic mass is 16.2. The Hall–Kier alpha value is -3.20. The van der Waals surface area contributed by atoms with Gasteiger partial charge in [-0.25, -0.2) is 0 Å². The second-order valence-electron chi connectivity index (χ2n) is 11.8. The summed E-state index contributed by atoms with van der Waals surface area (Å²) in [5.74, 6) is -1.23. The summed E-state index contributed by atoms with van der Waals surface area (Å²) in [7, 11) is 1.69. The first-order chi connectivity index (χ1) is 19.2. The van der Waals surface area contributed by atoms with Crippen LogP contribution in [-0.2, 0) is 31.1 Å². The molecule has 1 aromatic carbocycles. The summed E-state index contributed by atoms with van der Waals surface area (Å²) in [5, 5.41) is 8.86. The van der Waals surface area contributed by atoms with Gasteiger partial charge in [-0.05, 0) is 63.1 Å². The number of aryl methyl sites for hydroxylation is 1. The largest absolute Gasteiger partial charge is 0.371 e. The fraction of sp³-hybridized carbons (Fsp3) is 0.613. The van der Waals surface area contributed by atoms with Gasteiger partial charge in [-0.2, -0.15) is 0 Å². The van der Waals surface area contributed by atoms with Gasteiger partial charge in [-0.15, -0.1) is 0 Å². The summed E-state index contributed by atoms with van der Waals surface area (Å²) in [6.07, 6.45) is 10.4. The second kappa shape index (κ2) is 13.0. The lowest BCUT2D eigenvalue weighted by Crippen LogP contribution is -2.59. The van der Waals surface area contributed by atoms with Crippen LogP contribution in [0.25, 0.3) is 0 Å². The number of benzene rings is 1. The number of carbonyl (C=O) groups is 4. The molecule has 3 N–H and O–H groups in total. The van der Waals surface area contributed by atoms with E-state index in [1.165, 1.54) is 11.3 Å². The monoisotopic (exact) mass is 551 g/mol. The third kappa shape index (κ3) is 6.24. The molecule has 0 saturated heterocycles. The Kier molecular flexibility index (Phi) is 9.66. The van der Waals surface area contributed by atoms with Crippen molar-refractivity contribution in [3.05, 3.63) is 47.3 Å². The molecule has 40 heavy (non-hydrogen) atoms. The first-order valence-corrected chi connectivity index (χ1v) is 14.8. The first kappa shape index (κ1) is 29.8. The maximum atomic E-state index is 14.1. The molecule has 0 spiro atoms. The van der Waals surface area contributed by atoms with Crippen molar-refractivity contribution in [1.82, 2.24) is 25.8 Å². The number of rotatable bonds is 9. The van der Waals surface area contributed by atoms with Crippen molar-refractivity contribution in [2.45, 2.75) is 95.8 Å². The summed E-state index contributed by atoms with van der Waals surface area (Å²) in [5.41, 5.74) is 0.948. The van der Waals surface area contributed by atoms with Crippen LogP contribution in [0.3, 0.4) is 0 Å². The van der Waals surface area contributed by atoms with Gasteiger partial charge in [0.25, 0.3) is 5.91 Å². The maximum absolute atomic E-state index is 14.1. The Morgan fingerprint density at radius 1 is 1.02 bits per heavy atom. The summed E-state index contributed by atoms with van der Waals surface area (Å²) < 4.78 is 0. The third-order valence-corrected chi connectivity index (χ3v) is 8.81. The van der Waals surface area contributed by atoms with Crippen molar-refractivity contribution >= 4 is 24.0 Å². The minimum atomic E-state index is -1.15. The fourth-order valence-electron chi connectivity index (χ4n) is 6.24. The molecular formula is C31H45N5O4. The predicted molar refractivity (Wildman–Crippen MR) is 154 cm³/mol. The highest BCUT2D eigenvalue weighted by Crippen LogP contribution is 2.35. The van der Waals surface area contributed by atoms with E-state index < -0.39 is 23.5 Å². The minimum Gasteiger partial charge on any atom is -0.371 e. The zero-order valence-electron chi connectivity index (χ0n) is 24.4. The molecule has 3 unspecified atom stereocenters. The average molecular weight is 552 g/mol. The van der Waals surface area contributed by atoms with Crippen LogP contribution in [0.1, 0.15) is 76.8 Å². The third-order valence-electron chi connectivity index (χ3n) is 8.81. The van der Waals surface area contributed by atoms with Crippen LogP contribution in [0.4, 0.5) is 0 Å². The molecule has 1 saturated carbocycles. The summed E-state index contributed by atoms with van der Waals surface area (Å²) in [6.45, 7) is 6.45. The molecule has 3 aliphatic rings. The molecule has 218 valence electrons. The number of nitrogens with one attached hydrogen (secondary N) is 3. The lowest BCUT2D eigenvalue weighted by Gasteiger charge is -2.42. The molecule has 0 bridgehead atoms. The zero-order valence-corrected chi connectivity index (χ0v) is 24.4. The van der Waals surface area contributed by atoms with E-state index in [4.69, 9.17) is 0 Å². The highest BCUT2D eigenvalue weighted by Gasteiger charge is 2.42. The number of fused-ring (bicyclic) bond motifs is 1. The van der Waals surface area contributed by atoms with E-state index in [1.54, 1.807) is 14.0 Å². The Balaban J connectivity index is 1.66. The van der Waals surface area contributed by atoms with E-state index in [2.05, 4.69) is 20.9 Å². The smallest absolute Gasteiger partial charge is 0.270 e. The van der Waals surface area contributed by atoms with E-state index in [-0.39, 0.29) is 23.4 Å². The van der Waals surface area contributed by atoms with Crippen LogP contribution < -0.4 is 16.0 Å². The van der Waals surface area contributed by atoms with Crippen LogP contribution in [0.5, 0.6) is 0 Å². The second-order valence-corrected chi connectivity index (χ2v) is 11.8. The standard InChI is InChI=1S/C31H45N5O4/c1-21(2)27(33-28(38)22(3)32-4)30(40)36-18-17-35(24-13-6-5-7-14-24)19-26(36)29(39)34-31(20-37)16-10-12-23-11-8-9-15-25(23)31/h8-9,11,15,19-22,24,27,32H,5-7,10,12-14,16-18H2,1-4H3,(H,33,38)(H,34,39). The molecule has 1 aromatic rings. The summed E-state index contributed by atoms with van der Waals surface area (Å²) in [4.78, 5) is 57.2. The first-order valence-electron chi connectivity index (χ1n) is 14.8. The normalized spacial score (nSPS) is 23.1. The molecule has 3 atom stereocenters. The lowest BCUT2D eigenvalue weighted by atomic mass is 9.77. The Morgan fingerprint density at radius 2 is 1.75 bits per heavy atom. The summed E-state index contributed by atoms with van der Waals surface area (Å²) >= 11 is 0. The molecular weight excluding hydrogens is 506 g/mol. The quantitative estimate of drug-likeness (QED) is 0.407. The van der Waals surface area contributed by atoms with E-state index >= 15 is 0 Å². The van der Waals surface area contributed by atoms with Crippen molar-refractivity contribution in [2.75, 3.05) is 20.1 Å². The van der Waals surface area contributed by atoms with Gasteiger partial charge in [0.05, 0.1) is 6.04 Å². The van der Waals surface area contributed by atoms with Crippen molar-refractivity contribution in [1.29, 1.82) is 0 Å². The van der Waals surface area contributed by atoms with Crippen LogP contribution in [0.15, 0.2) is 36.2 Å². The van der Waals surface area contributed by atoms with Gasteiger partial charge in [0.15, 0.2) is 0 Å². The van der Waals surface area contributed by atoms with Crippen molar-refractivity contribution < 1.29 is 19.2 Å². The molecule has 4 rings (SSSR count). The number of aldehydes is 1. The molecule has 9 heteroatoms. The van der Waals surface area contributed by atoms with Gasteiger partial charge in [-0.3, -0.25) is 14.4 Å². The van der Waals surface area contributed by atoms with E-state index in [0.717, 1.165) is 55.9 Å². The summed E-state index contributed by atoms with van der Waals surface area (Å²) in [6, 6.07) is 6.80. The van der Waals surface area contributed by atoms with E-state index in [1.807, 2.05) is 44.3 Å². The van der Waals surface area contributed by atoms with Crippen LogP contribution in [0.2, 0.25) is 0 Å². The van der Waals surface area contributed by atoms with E-state index in [0.29, 0.717) is 25.6 Å². The van der Waals surface area contributed by atoms with Crippen molar-refractivity contribution in [2.24, 2.45) is 5.92 Å². The average Bonchev–Trinajstić information content (AvgIpc) is 2.99. The molecule has 1 aliphatic heterocycles. The topological polar surface area (TPSA) is 111 Å². The minimum absolute atomic E-state index is 0.187. The molecule has 1 fully saturated rings. The van der Waals surface area contributed by atoms with E-state index in [9.17, 15) is 19.2 Å². The molecule has 9 nitrogen and oxygen atoms in total. The zero-order chi connectivity index (χ0) is 28.9. The predicted octanol–water partition coefficient (Wildman–Crippen LogP) is 2.60. The van der Waals surface area contributed by atoms with Gasteiger partial charge in [-0.1, -0.05) is 57.4 Å². The van der Waals surface area contributed by atoms with Gasteiger partial charge < -0.3 is 30.5 Å². The Morgan fingerprint density at radius 3 is 2.42 bits per heavy atom. The fourth-order valence-corrected chi connectivity index (χ4v) is 6.24. The Labute approximate surface area is 238 Å². The van der Waals surface area contributed by atoms with Gasteiger partial charge in [0, 0.05) is 25.3 Å². The molecule has 2 aliphatic carbocycles. The maximum Gasteiger partial charge on any atom is 0.270 e. The SMILES string of the molecule is CNC(C)C(=O)NC(C(=O)N1CCN(C2CCCCC2)C=C1C(=O)NC1(C=O)CCCc2ccccc21)C(C)C. The van der Waals surface area contributed by atoms with Crippen molar-refractivity contribution in [3.8, 4) is 0 Å². The van der Waals surface area contributed by atoms with Gasteiger partial charge >= 0.3 is 0 Å². The number of carbonyl (C=O) groups excluding carboxylic acids is 4. The van der Waals surface area contributed by atoms with Crippen LogP contribution in [0, 0.1) is 5.92 Å². The Bertz CT molecular complexity index is 1130. The van der Waals surface area contributed by atoms with Gasteiger partial charge in [0.1, 0.15) is 23.6 Å². The number of hydrogen-bond donors (Lipinski definition) is 3.